The standard InChI is InChI=1S/C11H18N2O4/c1-11(2,3)17-10(15)13-12-9(14)16-8-6-4-5-7-8/h8H,4-7H2,1-3H3/b13-12+. The first kappa shape index (κ1) is 13.6. The summed E-state index contributed by atoms with van der Waals surface area (Å²) in [5.74, 6) is 0. The van der Waals surface area contributed by atoms with Gasteiger partial charge in [0.05, 0.1) is 0 Å². The van der Waals surface area contributed by atoms with Crippen molar-refractivity contribution in [3.63, 3.8) is 0 Å². The van der Waals surface area contributed by atoms with Gasteiger partial charge in [0.1, 0.15) is 11.7 Å². The normalized spacial score (nSPS) is 17.4. The summed E-state index contributed by atoms with van der Waals surface area (Å²) >= 11 is 0. The van der Waals surface area contributed by atoms with Crippen molar-refractivity contribution in [2.24, 2.45) is 10.2 Å². The van der Waals surface area contributed by atoms with Crippen LogP contribution in [0.1, 0.15) is 46.5 Å². The molecule has 1 aliphatic rings. The van der Waals surface area contributed by atoms with E-state index in [1.54, 1.807) is 20.8 Å². The minimum absolute atomic E-state index is 0.0833. The fourth-order valence-electron chi connectivity index (χ4n) is 1.54. The average Bonchev–Trinajstić information content (AvgIpc) is 2.64. The number of ether oxygens (including phenoxy) is 2. The number of rotatable bonds is 1. The Balaban J connectivity index is 2.31. The first-order chi connectivity index (χ1) is 7.87. The van der Waals surface area contributed by atoms with Crippen LogP contribution in [0.3, 0.4) is 0 Å². The van der Waals surface area contributed by atoms with Crippen molar-refractivity contribution in [1.82, 2.24) is 0 Å². The highest BCUT2D eigenvalue weighted by atomic mass is 16.6. The highest BCUT2D eigenvalue weighted by Crippen LogP contribution is 2.21. The van der Waals surface area contributed by atoms with Crippen LogP contribution in [0.5, 0.6) is 0 Å². The molecule has 2 amide bonds. The third-order valence-electron chi connectivity index (χ3n) is 2.18. The lowest BCUT2D eigenvalue weighted by Gasteiger charge is -2.16. The van der Waals surface area contributed by atoms with Gasteiger partial charge < -0.3 is 9.47 Å². The van der Waals surface area contributed by atoms with Gasteiger partial charge in [0.15, 0.2) is 0 Å². The van der Waals surface area contributed by atoms with Crippen LogP contribution in [0.2, 0.25) is 0 Å². The Morgan fingerprint density at radius 1 is 1.06 bits per heavy atom. The van der Waals surface area contributed by atoms with Gasteiger partial charge >= 0.3 is 12.2 Å². The van der Waals surface area contributed by atoms with E-state index in [1.807, 2.05) is 0 Å². The van der Waals surface area contributed by atoms with Gasteiger partial charge in [-0.2, -0.15) is 0 Å². The predicted molar refractivity (Wildman–Crippen MR) is 59.8 cm³/mol. The van der Waals surface area contributed by atoms with Crippen molar-refractivity contribution in [3.8, 4) is 0 Å². The predicted octanol–water partition coefficient (Wildman–Crippen LogP) is 3.45. The number of nitrogens with zero attached hydrogens (tertiary/aromatic N) is 2. The van der Waals surface area contributed by atoms with Crippen LogP contribution in [0.25, 0.3) is 0 Å². The van der Waals surface area contributed by atoms with E-state index >= 15 is 0 Å². The molecule has 1 saturated carbocycles. The summed E-state index contributed by atoms with van der Waals surface area (Å²) in [7, 11) is 0. The van der Waals surface area contributed by atoms with Gasteiger partial charge in [-0.15, -0.1) is 0 Å². The van der Waals surface area contributed by atoms with Crippen LogP contribution < -0.4 is 0 Å². The van der Waals surface area contributed by atoms with Crippen LogP contribution in [0.4, 0.5) is 9.59 Å². The van der Waals surface area contributed by atoms with Crippen LogP contribution in [-0.2, 0) is 9.47 Å². The van der Waals surface area contributed by atoms with E-state index in [0.29, 0.717) is 0 Å². The lowest BCUT2D eigenvalue weighted by molar-refractivity contribution is 0.0580. The van der Waals surface area contributed by atoms with E-state index in [-0.39, 0.29) is 6.10 Å². The first-order valence-electron chi connectivity index (χ1n) is 5.72. The number of carbonyl (C=O) groups excluding carboxylic acids is 2. The lowest BCUT2D eigenvalue weighted by atomic mass is 10.2. The van der Waals surface area contributed by atoms with Crippen molar-refractivity contribution in [2.45, 2.75) is 58.2 Å². The summed E-state index contributed by atoms with van der Waals surface area (Å²) in [4.78, 5) is 22.3. The number of azo groups is 1. The largest absolute Gasteiger partial charge is 0.453 e. The van der Waals surface area contributed by atoms with E-state index in [1.165, 1.54) is 0 Å². The van der Waals surface area contributed by atoms with Gasteiger partial charge in [-0.25, -0.2) is 9.59 Å². The van der Waals surface area contributed by atoms with Crippen molar-refractivity contribution in [2.75, 3.05) is 0 Å². The highest BCUT2D eigenvalue weighted by molar-refractivity contribution is 5.73. The number of hydrogen-bond donors (Lipinski definition) is 0. The van der Waals surface area contributed by atoms with Crippen LogP contribution in [0, 0.1) is 0 Å². The molecule has 0 spiro atoms. The Labute approximate surface area is 100 Å². The molecule has 0 unspecified atom stereocenters. The maximum absolute atomic E-state index is 11.2. The molecule has 1 rings (SSSR count). The number of carbonyl (C=O) groups is 2. The summed E-state index contributed by atoms with van der Waals surface area (Å²) in [6.07, 6.45) is 2.02. The fraction of sp³-hybridized carbons (Fsp3) is 0.818. The smallest absolute Gasteiger partial charge is 0.444 e. The second kappa shape index (κ2) is 5.75. The molecule has 6 nitrogen and oxygen atoms in total. The maximum Gasteiger partial charge on any atom is 0.453 e. The Morgan fingerprint density at radius 2 is 1.59 bits per heavy atom. The molecule has 0 N–H and O–H groups in total. The Kier molecular flexibility index (Phi) is 4.60. The highest BCUT2D eigenvalue weighted by Gasteiger charge is 2.20. The molecule has 0 aromatic rings. The summed E-state index contributed by atoms with van der Waals surface area (Å²) in [5.41, 5.74) is -0.647. The first-order valence-corrected chi connectivity index (χ1v) is 5.72. The Hall–Kier alpha value is -1.46. The Morgan fingerprint density at radius 3 is 2.12 bits per heavy atom. The van der Waals surface area contributed by atoms with E-state index in [2.05, 4.69) is 10.2 Å². The molecule has 1 aliphatic carbocycles. The zero-order valence-electron chi connectivity index (χ0n) is 10.4. The maximum atomic E-state index is 11.2. The van der Waals surface area contributed by atoms with Crippen LogP contribution in [0.15, 0.2) is 10.2 Å². The molecule has 96 valence electrons. The molecule has 0 saturated heterocycles. The molecule has 0 atom stereocenters. The summed E-state index contributed by atoms with van der Waals surface area (Å²) in [6.45, 7) is 5.12. The Bertz CT molecular complexity index is 314. The van der Waals surface area contributed by atoms with Crippen LogP contribution in [-0.4, -0.2) is 23.9 Å². The SMILES string of the molecule is CC(C)(C)OC(=O)/N=N/C(=O)OC1CCCC1. The van der Waals surface area contributed by atoms with Crippen molar-refractivity contribution >= 4 is 12.2 Å². The second-order valence-corrected chi connectivity index (χ2v) is 4.97. The molecule has 0 bridgehead atoms. The number of amides is 2. The summed E-state index contributed by atoms with van der Waals surface area (Å²) in [5, 5.41) is 6.30. The molecular formula is C11H18N2O4. The molecule has 0 aliphatic heterocycles. The van der Waals surface area contributed by atoms with Gasteiger partial charge in [-0.05, 0) is 46.5 Å². The molecule has 0 aromatic carbocycles. The average molecular weight is 242 g/mol. The number of hydrogen-bond acceptors (Lipinski definition) is 4. The van der Waals surface area contributed by atoms with Gasteiger partial charge in [0.25, 0.3) is 0 Å². The molecule has 0 aromatic heterocycles. The molecular weight excluding hydrogens is 224 g/mol. The lowest BCUT2D eigenvalue weighted by Crippen LogP contribution is -2.21. The summed E-state index contributed by atoms with van der Waals surface area (Å²) in [6, 6.07) is 0. The molecule has 6 heteroatoms. The minimum atomic E-state index is -0.888. The minimum Gasteiger partial charge on any atom is -0.444 e. The molecule has 17 heavy (non-hydrogen) atoms. The second-order valence-electron chi connectivity index (χ2n) is 4.97. The van der Waals surface area contributed by atoms with Gasteiger partial charge in [0, 0.05) is 0 Å². The van der Waals surface area contributed by atoms with E-state index in [4.69, 9.17) is 9.47 Å². The third kappa shape index (κ3) is 5.99. The van der Waals surface area contributed by atoms with Gasteiger partial charge in [-0.3, -0.25) is 0 Å². The zero-order valence-corrected chi connectivity index (χ0v) is 10.4. The van der Waals surface area contributed by atoms with Crippen molar-refractivity contribution < 1.29 is 19.1 Å². The van der Waals surface area contributed by atoms with Crippen molar-refractivity contribution in [3.05, 3.63) is 0 Å². The third-order valence-corrected chi connectivity index (χ3v) is 2.18. The zero-order chi connectivity index (χ0) is 12.9. The van der Waals surface area contributed by atoms with Gasteiger partial charge in [0.2, 0.25) is 0 Å². The van der Waals surface area contributed by atoms with E-state index in [9.17, 15) is 9.59 Å². The van der Waals surface area contributed by atoms with Crippen LogP contribution >= 0.6 is 0 Å². The quantitative estimate of drug-likeness (QED) is 0.660. The van der Waals surface area contributed by atoms with Crippen molar-refractivity contribution in [1.29, 1.82) is 0 Å². The topological polar surface area (TPSA) is 77.3 Å². The van der Waals surface area contributed by atoms with Gasteiger partial charge in [-0.1, -0.05) is 10.2 Å². The fourth-order valence-corrected chi connectivity index (χ4v) is 1.54. The molecule has 0 heterocycles. The van der Waals surface area contributed by atoms with E-state index < -0.39 is 17.8 Å². The van der Waals surface area contributed by atoms with E-state index in [0.717, 1.165) is 25.7 Å². The molecule has 0 radical (unpaired) electrons. The monoisotopic (exact) mass is 242 g/mol. The molecule has 1 fully saturated rings. The summed E-state index contributed by atoms with van der Waals surface area (Å²) < 4.78 is 9.84.